The molecule has 3 aromatic rings. The van der Waals surface area contributed by atoms with Crippen LogP contribution in [0.5, 0.6) is 11.5 Å². The Morgan fingerprint density at radius 2 is 1.79 bits per heavy atom. The molecule has 0 aliphatic carbocycles. The van der Waals surface area contributed by atoms with Crippen molar-refractivity contribution in [2.24, 2.45) is 0 Å². The zero-order valence-corrected chi connectivity index (χ0v) is 18.6. The molecule has 4 rings (SSSR count). The number of halogens is 1. The maximum atomic E-state index is 12.9. The molecule has 1 aliphatic heterocycles. The molecular weight excluding hydrogens is 435 g/mol. The lowest BCUT2D eigenvalue weighted by molar-refractivity contribution is -0.150. The maximum Gasteiger partial charge on any atom is 0.352 e. The number of unbranched alkanes of at least 4 members (excludes halogenated alkanes) is 1. The summed E-state index contributed by atoms with van der Waals surface area (Å²) in [6, 6.07) is 19.7. The number of fused-ring (bicyclic) bond motifs is 1. The van der Waals surface area contributed by atoms with Gasteiger partial charge in [-0.3, -0.25) is 4.79 Å². The first-order chi connectivity index (χ1) is 16.5. The van der Waals surface area contributed by atoms with E-state index >= 15 is 0 Å². The Labute approximate surface area is 197 Å². The third-order valence-corrected chi connectivity index (χ3v) is 5.62. The van der Waals surface area contributed by atoms with E-state index in [-0.39, 0.29) is 12.2 Å². The molecule has 0 amide bonds. The molecule has 0 spiro atoms. The van der Waals surface area contributed by atoms with Gasteiger partial charge in [-0.25, -0.2) is 9.18 Å². The van der Waals surface area contributed by atoms with E-state index in [1.807, 2.05) is 60.7 Å². The predicted molar refractivity (Wildman–Crippen MR) is 127 cm³/mol. The van der Waals surface area contributed by atoms with Gasteiger partial charge in [0.15, 0.2) is 5.78 Å². The number of aliphatic carboxylic acids is 1. The van der Waals surface area contributed by atoms with E-state index in [0.717, 1.165) is 41.7 Å². The summed E-state index contributed by atoms with van der Waals surface area (Å²) in [5.41, 5.74) is 3.47. The lowest BCUT2D eigenvalue weighted by atomic mass is 9.97. The number of carboxylic acids is 1. The van der Waals surface area contributed by atoms with Crippen LogP contribution < -0.4 is 9.47 Å². The van der Waals surface area contributed by atoms with Crippen molar-refractivity contribution in [3.63, 3.8) is 0 Å². The largest absolute Gasteiger partial charge is 0.494 e. The Hall–Kier alpha value is -3.93. The molecule has 1 N–H and O–H groups in total. The average Bonchev–Trinajstić information content (AvgIpc) is 2.83. The van der Waals surface area contributed by atoms with Crippen LogP contribution in [0.15, 0.2) is 66.7 Å². The lowest BCUT2D eigenvalue weighted by Crippen LogP contribution is -2.40. The molecule has 1 heterocycles. The number of carbonyl (C=O) groups is 2. The summed E-state index contributed by atoms with van der Waals surface area (Å²) >= 11 is 0. The van der Waals surface area contributed by atoms with E-state index in [4.69, 9.17) is 9.47 Å². The van der Waals surface area contributed by atoms with Crippen molar-refractivity contribution in [3.8, 4) is 11.5 Å². The Balaban J connectivity index is 1.30. The molecule has 0 fully saturated rings. The summed E-state index contributed by atoms with van der Waals surface area (Å²) in [5, 5.41) is 9.22. The summed E-state index contributed by atoms with van der Waals surface area (Å²) < 4.78 is 24.3. The molecular formula is C28H25FO5. The van der Waals surface area contributed by atoms with Crippen LogP contribution in [0, 0.1) is 5.82 Å². The first-order valence-corrected chi connectivity index (χ1v) is 11.2. The number of para-hydroxylation sites is 1. The van der Waals surface area contributed by atoms with E-state index in [2.05, 4.69) is 0 Å². The minimum Gasteiger partial charge on any atom is -0.494 e. The van der Waals surface area contributed by atoms with Crippen molar-refractivity contribution in [2.75, 3.05) is 6.61 Å². The van der Waals surface area contributed by atoms with Crippen molar-refractivity contribution < 1.29 is 28.6 Å². The maximum absolute atomic E-state index is 12.9. The monoisotopic (exact) mass is 460 g/mol. The van der Waals surface area contributed by atoms with Crippen molar-refractivity contribution in [3.05, 3.63) is 94.8 Å². The molecule has 0 saturated carbocycles. The molecule has 0 radical (unpaired) electrons. The van der Waals surface area contributed by atoms with E-state index in [1.54, 1.807) is 6.07 Å². The normalized spacial score (nSPS) is 15.1. The topological polar surface area (TPSA) is 72.8 Å². The number of benzene rings is 3. The Morgan fingerprint density at radius 3 is 2.53 bits per heavy atom. The van der Waals surface area contributed by atoms with Gasteiger partial charge >= 0.3 is 5.97 Å². The van der Waals surface area contributed by atoms with Crippen molar-refractivity contribution in [1.82, 2.24) is 0 Å². The van der Waals surface area contributed by atoms with Crippen molar-refractivity contribution in [1.29, 1.82) is 0 Å². The minimum absolute atomic E-state index is 0.0456. The van der Waals surface area contributed by atoms with E-state index in [9.17, 15) is 19.1 Å². The van der Waals surface area contributed by atoms with Crippen molar-refractivity contribution in [2.45, 2.75) is 31.8 Å². The van der Waals surface area contributed by atoms with Gasteiger partial charge in [-0.1, -0.05) is 54.6 Å². The summed E-state index contributed by atoms with van der Waals surface area (Å²) in [7, 11) is 0. The van der Waals surface area contributed by atoms with Gasteiger partial charge in [0.2, 0.25) is 0 Å². The van der Waals surface area contributed by atoms with Crippen molar-refractivity contribution >= 4 is 23.9 Å². The molecule has 6 heteroatoms. The summed E-state index contributed by atoms with van der Waals surface area (Å²) in [6.45, 7) is 0.604. The van der Waals surface area contributed by atoms with Crippen LogP contribution in [0.3, 0.4) is 0 Å². The molecule has 0 saturated heterocycles. The van der Waals surface area contributed by atoms with Crippen LogP contribution in [0.1, 0.15) is 35.1 Å². The van der Waals surface area contributed by atoms with Gasteiger partial charge < -0.3 is 14.6 Å². The zero-order chi connectivity index (χ0) is 23.9. The van der Waals surface area contributed by atoms with Crippen LogP contribution in [-0.2, 0) is 22.4 Å². The van der Waals surface area contributed by atoms with Gasteiger partial charge in [-0.05, 0) is 54.7 Å². The van der Waals surface area contributed by atoms with Gasteiger partial charge in [0.25, 0.3) is 6.10 Å². The van der Waals surface area contributed by atoms with Crippen LogP contribution in [0.4, 0.5) is 4.39 Å². The Kier molecular flexibility index (Phi) is 7.38. The van der Waals surface area contributed by atoms with E-state index < -0.39 is 17.9 Å². The SMILES string of the molecule is O=C(O)C1Oc2c(/C=C/c3ccc(OCCCCc4ccc(F)cc4)cc3)cccc2CC1=O. The number of hydrogen-bond donors (Lipinski definition) is 1. The highest BCUT2D eigenvalue weighted by Crippen LogP contribution is 2.31. The highest BCUT2D eigenvalue weighted by atomic mass is 19.1. The molecule has 34 heavy (non-hydrogen) atoms. The molecule has 0 aromatic heterocycles. The number of Topliss-reactive ketones (excluding diaryl/α,β-unsaturated/α-hetero) is 1. The minimum atomic E-state index is -1.46. The fraction of sp³-hybridized carbons (Fsp3) is 0.214. The molecule has 1 atom stereocenters. The first kappa shape index (κ1) is 23.2. The summed E-state index contributed by atoms with van der Waals surface area (Å²) in [6.07, 6.45) is 5.08. The fourth-order valence-electron chi connectivity index (χ4n) is 3.80. The molecule has 174 valence electrons. The standard InChI is InChI=1S/C28H25FO5/c29-23-13-8-19(9-14-23)4-1-2-17-33-24-15-10-20(11-16-24)7-12-21-5-3-6-22-18-25(30)27(28(31)32)34-26(21)22/h3,5-16,27H,1-2,4,17-18H2,(H,31,32)/b12-7+. The average molecular weight is 461 g/mol. The molecule has 1 aliphatic rings. The van der Waals surface area contributed by atoms with Gasteiger partial charge in [0.1, 0.15) is 17.3 Å². The van der Waals surface area contributed by atoms with Crippen LogP contribution in [0.2, 0.25) is 0 Å². The highest BCUT2D eigenvalue weighted by molar-refractivity contribution is 6.04. The third kappa shape index (κ3) is 5.90. The number of rotatable bonds is 9. The third-order valence-electron chi connectivity index (χ3n) is 5.62. The number of carbonyl (C=O) groups excluding carboxylic acids is 1. The lowest BCUT2D eigenvalue weighted by Gasteiger charge is -2.23. The quantitative estimate of drug-likeness (QED) is 0.265. The van der Waals surface area contributed by atoms with Gasteiger partial charge in [0, 0.05) is 17.5 Å². The highest BCUT2D eigenvalue weighted by Gasteiger charge is 2.34. The number of hydrogen-bond acceptors (Lipinski definition) is 4. The van der Waals surface area contributed by atoms with Gasteiger partial charge in [0.05, 0.1) is 6.61 Å². The van der Waals surface area contributed by atoms with Crippen LogP contribution in [0.25, 0.3) is 12.2 Å². The van der Waals surface area contributed by atoms with Crippen LogP contribution in [-0.4, -0.2) is 29.6 Å². The molecule has 0 bridgehead atoms. The molecule has 3 aromatic carbocycles. The summed E-state index contributed by atoms with van der Waals surface area (Å²) in [5.74, 6) is -0.730. The number of ether oxygens (including phenoxy) is 2. The second-order valence-electron chi connectivity index (χ2n) is 8.15. The first-order valence-electron chi connectivity index (χ1n) is 11.2. The predicted octanol–water partition coefficient (Wildman–Crippen LogP) is 5.36. The molecule has 1 unspecified atom stereocenters. The zero-order valence-electron chi connectivity index (χ0n) is 18.6. The smallest absolute Gasteiger partial charge is 0.352 e. The number of ketones is 1. The number of aryl methyl sites for hydroxylation is 1. The Morgan fingerprint density at radius 1 is 1.03 bits per heavy atom. The summed E-state index contributed by atoms with van der Waals surface area (Å²) in [4.78, 5) is 23.3. The second-order valence-corrected chi connectivity index (χ2v) is 8.15. The van der Waals surface area contributed by atoms with E-state index in [0.29, 0.717) is 17.9 Å². The van der Waals surface area contributed by atoms with Gasteiger partial charge in [-0.15, -0.1) is 0 Å². The van der Waals surface area contributed by atoms with E-state index in [1.165, 1.54) is 12.1 Å². The Bertz CT molecular complexity index is 1180. The van der Waals surface area contributed by atoms with Crippen LogP contribution >= 0.6 is 0 Å². The number of carboxylic acid groups (broad SMARTS) is 1. The van der Waals surface area contributed by atoms with Gasteiger partial charge in [-0.2, -0.15) is 0 Å². The second kappa shape index (κ2) is 10.8. The fourth-order valence-corrected chi connectivity index (χ4v) is 3.80. The molecule has 5 nitrogen and oxygen atoms in total.